The Bertz CT molecular complexity index is 280. The minimum absolute atomic E-state index is 0.945. The summed E-state index contributed by atoms with van der Waals surface area (Å²) in [4.78, 5) is 8.23. The molecule has 16 heavy (non-hydrogen) atoms. The largest absolute Gasteiger partial charge is 0.348 e. The highest BCUT2D eigenvalue weighted by molar-refractivity contribution is 7.15. The topological polar surface area (TPSA) is 28.2 Å². The molecule has 4 heteroatoms. The number of hydrogen-bond donors (Lipinski definition) is 1. The van der Waals surface area contributed by atoms with Crippen LogP contribution in [0.4, 0.5) is 5.13 Å². The molecule has 0 radical (unpaired) electrons. The van der Waals surface area contributed by atoms with Crippen LogP contribution in [0.5, 0.6) is 0 Å². The maximum atomic E-state index is 4.51. The Kier molecular flexibility index (Phi) is 6.42. The van der Waals surface area contributed by atoms with Crippen molar-refractivity contribution >= 4 is 16.5 Å². The molecule has 1 aromatic heterocycles. The van der Waals surface area contributed by atoms with Crippen LogP contribution in [0, 0.1) is 0 Å². The Hall–Kier alpha value is -0.610. The first-order chi connectivity index (χ1) is 7.81. The third kappa shape index (κ3) is 4.10. The molecule has 0 unspecified atom stereocenters. The lowest BCUT2D eigenvalue weighted by atomic mass is 10.4. The van der Waals surface area contributed by atoms with Gasteiger partial charge in [-0.05, 0) is 19.4 Å². The number of nitrogens with one attached hydrogen (secondary N) is 1. The van der Waals surface area contributed by atoms with Gasteiger partial charge in [0.05, 0.1) is 0 Å². The predicted octanol–water partition coefficient (Wildman–Crippen LogP) is 2.88. The molecule has 1 N–H and O–H groups in total. The van der Waals surface area contributed by atoms with Crippen LogP contribution < -0.4 is 10.2 Å². The van der Waals surface area contributed by atoms with E-state index in [0.717, 1.165) is 26.2 Å². The zero-order chi connectivity index (χ0) is 11.8. The fourth-order valence-corrected chi connectivity index (χ4v) is 2.55. The number of rotatable bonds is 8. The standard InChI is InChI=1S/C12H23N3S/c1-4-7-15(8-5-2)12-14-10-11(16-12)9-13-6-3/h10,13H,4-9H2,1-3H3. The normalized spacial score (nSPS) is 10.7. The van der Waals surface area contributed by atoms with E-state index in [2.05, 4.69) is 36.0 Å². The second kappa shape index (κ2) is 7.63. The zero-order valence-electron chi connectivity index (χ0n) is 10.6. The number of nitrogens with zero attached hydrogens (tertiary/aromatic N) is 2. The Morgan fingerprint density at radius 3 is 2.50 bits per heavy atom. The van der Waals surface area contributed by atoms with Gasteiger partial charge in [0, 0.05) is 30.7 Å². The summed E-state index contributed by atoms with van der Waals surface area (Å²) < 4.78 is 0. The van der Waals surface area contributed by atoms with Gasteiger partial charge in [-0.3, -0.25) is 0 Å². The highest BCUT2D eigenvalue weighted by Gasteiger charge is 2.09. The Morgan fingerprint density at radius 2 is 1.94 bits per heavy atom. The van der Waals surface area contributed by atoms with Crippen LogP contribution in [0.2, 0.25) is 0 Å². The van der Waals surface area contributed by atoms with Crippen molar-refractivity contribution in [1.29, 1.82) is 0 Å². The quantitative estimate of drug-likeness (QED) is 0.758. The minimum atomic E-state index is 0.945. The number of thiazole rings is 1. The van der Waals surface area contributed by atoms with E-state index in [1.165, 1.54) is 22.9 Å². The Morgan fingerprint density at radius 1 is 1.25 bits per heavy atom. The van der Waals surface area contributed by atoms with Crippen molar-refractivity contribution in [3.63, 3.8) is 0 Å². The van der Waals surface area contributed by atoms with Crippen LogP contribution in [0.15, 0.2) is 6.20 Å². The van der Waals surface area contributed by atoms with Crippen molar-refractivity contribution in [3.8, 4) is 0 Å². The molecule has 1 heterocycles. The molecule has 0 saturated heterocycles. The summed E-state index contributed by atoms with van der Waals surface area (Å²) in [5, 5.41) is 4.51. The molecule has 0 bridgehead atoms. The maximum Gasteiger partial charge on any atom is 0.185 e. The van der Waals surface area contributed by atoms with E-state index < -0.39 is 0 Å². The van der Waals surface area contributed by atoms with Gasteiger partial charge in [0.15, 0.2) is 5.13 Å². The third-order valence-corrected chi connectivity index (χ3v) is 3.41. The molecule has 0 fully saturated rings. The van der Waals surface area contributed by atoms with Crippen LogP contribution in [-0.2, 0) is 6.54 Å². The molecular formula is C12H23N3S. The second-order valence-corrected chi connectivity index (χ2v) is 4.97. The predicted molar refractivity (Wildman–Crippen MR) is 72.3 cm³/mol. The van der Waals surface area contributed by atoms with E-state index >= 15 is 0 Å². The van der Waals surface area contributed by atoms with Crippen molar-refractivity contribution < 1.29 is 0 Å². The molecule has 0 aromatic carbocycles. The van der Waals surface area contributed by atoms with Gasteiger partial charge in [0.1, 0.15) is 0 Å². The number of anilines is 1. The van der Waals surface area contributed by atoms with Gasteiger partial charge < -0.3 is 10.2 Å². The van der Waals surface area contributed by atoms with Gasteiger partial charge in [-0.1, -0.05) is 20.8 Å². The summed E-state index contributed by atoms with van der Waals surface area (Å²) in [7, 11) is 0. The highest BCUT2D eigenvalue weighted by Crippen LogP contribution is 2.22. The molecule has 1 aromatic rings. The molecule has 0 spiro atoms. The Labute approximate surface area is 103 Å². The molecule has 0 atom stereocenters. The van der Waals surface area contributed by atoms with Gasteiger partial charge in [-0.25, -0.2) is 4.98 Å². The van der Waals surface area contributed by atoms with E-state index in [-0.39, 0.29) is 0 Å². The smallest absolute Gasteiger partial charge is 0.185 e. The Balaban J connectivity index is 2.58. The lowest BCUT2D eigenvalue weighted by Gasteiger charge is -2.19. The lowest BCUT2D eigenvalue weighted by Crippen LogP contribution is -2.24. The first-order valence-corrected chi connectivity index (χ1v) is 7.03. The molecule has 0 amide bonds. The van der Waals surface area contributed by atoms with E-state index in [0.29, 0.717) is 0 Å². The summed E-state index contributed by atoms with van der Waals surface area (Å²) in [5.74, 6) is 0. The van der Waals surface area contributed by atoms with Crippen LogP contribution in [-0.4, -0.2) is 24.6 Å². The summed E-state index contributed by atoms with van der Waals surface area (Å²) in [6, 6.07) is 0. The van der Waals surface area contributed by atoms with Gasteiger partial charge >= 0.3 is 0 Å². The van der Waals surface area contributed by atoms with E-state index in [1.807, 2.05) is 17.5 Å². The summed E-state index contributed by atoms with van der Waals surface area (Å²) in [6.07, 6.45) is 4.37. The van der Waals surface area contributed by atoms with E-state index in [4.69, 9.17) is 0 Å². The fraction of sp³-hybridized carbons (Fsp3) is 0.750. The maximum absolute atomic E-state index is 4.51. The second-order valence-electron chi connectivity index (χ2n) is 3.88. The third-order valence-electron chi connectivity index (χ3n) is 2.35. The van der Waals surface area contributed by atoms with Gasteiger partial charge in [0.2, 0.25) is 0 Å². The van der Waals surface area contributed by atoms with Crippen LogP contribution in [0.3, 0.4) is 0 Å². The molecule has 0 saturated carbocycles. The van der Waals surface area contributed by atoms with Crippen molar-refractivity contribution in [3.05, 3.63) is 11.1 Å². The van der Waals surface area contributed by atoms with Crippen molar-refractivity contribution in [1.82, 2.24) is 10.3 Å². The number of aromatic nitrogens is 1. The molecule has 0 aliphatic heterocycles. The average Bonchev–Trinajstić information content (AvgIpc) is 2.74. The van der Waals surface area contributed by atoms with Crippen LogP contribution in [0.25, 0.3) is 0 Å². The monoisotopic (exact) mass is 241 g/mol. The minimum Gasteiger partial charge on any atom is -0.348 e. The van der Waals surface area contributed by atoms with Crippen molar-refractivity contribution in [2.75, 3.05) is 24.5 Å². The molecular weight excluding hydrogens is 218 g/mol. The summed E-state index contributed by atoms with van der Waals surface area (Å²) in [5.41, 5.74) is 0. The van der Waals surface area contributed by atoms with Crippen LogP contribution in [0.1, 0.15) is 38.5 Å². The van der Waals surface area contributed by atoms with E-state index in [1.54, 1.807) is 0 Å². The zero-order valence-corrected chi connectivity index (χ0v) is 11.4. The van der Waals surface area contributed by atoms with Crippen LogP contribution >= 0.6 is 11.3 Å². The van der Waals surface area contributed by atoms with Crippen molar-refractivity contribution in [2.45, 2.75) is 40.2 Å². The first-order valence-electron chi connectivity index (χ1n) is 6.22. The fourth-order valence-electron chi connectivity index (χ4n) is 1.62. The summed E-state index contributed by atoms with van der Waals surface area (Å²) in [6.45, 7) is 10.7. The average molecular weight is 241 g/mol. The SMILES string of the molecule is CCCN(CCC)c1ncc(CNCC)s1. The molecule has 0 aliphatic carbocycles. The molecule has 0 aliphatic rings. The lowest BCUT2D eigenvalue weighted by molar-refractivity contribution is 0.734. The summed E-state index contributed by atoms with van der Waals surface area (Å²) >= 11 is 1.81. The van der Waals surface area contributed by atoms with Crippen molar-refractivity contribution in [2.24, 2.45) is 0 Å². The molecule has 92 valence electrons. The molecule has 1 rings (SSSR count). The molecule has 3 nitrogen and oxygen atoms in total. The number of hydrogen-bond acceptors (Lipinski definition) is 4. The van der Waals surface area contributed by atoms with Gasteiger partial charge in [0.25, 0.3) is 0 Å². The van der Waals surface area contributed by atoms with Gasteiger partial charge in [-0.2, -0.15) is 0 Å². The van der Waals surface area contributed by atoms with Gasteiger partial charge in [-0.15, -0.1) is 11.3 Å². The van der Waals surface area contributed by atoms with E-state index in [9.17, 15) is 0 Å². The highest BCUT2D eigenvalue weighted by atomic mass is 32.1. The first kappa shape index (κ1) is 13.5.